The van der Waals surface area contributed by atoms with Gasteiger partial charge >= 0.3 is 0 Å². The van der Waals surface area contributed by atoms with E-state index in [0.29, 0.717) is 12.1 Å². The van der Waals surface area contributed by atoms with Gasteiger partial charge < -0.3 is 4.90 Å². The lowest BCUT2D eigenvalue weighted by Gasteiger charge is -2.15. The molecule has 0 fully saturated rings. The van der Waals surface area contributed by atoms with E-state index in [0.717, 1.165) is 5.56 Å². The Bertz CT molecular complexity index is 549. The van der Waals surface area contributed by atoms with Crippen molar-refractivity contribution in [1.29, 1.82) is 0 Å². The van der Waals surface area contributed by atoms with Crippen LogP contribution in [0.3, 0.4) is 0 Å². The maximum Gasteiger partial charge on any atom is 0.255 e. The number of halogens is 1. The van der Waals surface area contributed by atoms with E-state index < -0.39 is 5.95 Å². The van der Waals surface area contributed by atoms with Crippen LogP contribution in [0.2, 0.25) is 0 Å². The van der Waals surface area contributed by atoms with Gasteiger partial charge in [-0.2, -0.15) is 9.49 Å². The van der Waals surface area contributed by atoms with E-state index in [9.17, 15) is 9.18 Å². The molecule has 2 heterocycles. The van der Waals surface area contributed by atoms with Crippen molar-refractivity contribution in [1.82, 2.24) is 19.7 Å². The van der Waals surface area contributed by atoms with Crippen LogP contribution in [0.4, 0.5) is 4.39 Å². The zero-order chi connectivity index (χ0) is 13.1. The van der Waals surface area contributed by atoms with Crippen molar-refractivity contribution in [3.05, 3.63) is 47.8 Å². The molecule has 2 rings (SSSR count). The van der Waals surface area contributed by atoms with Crippen LogP contribution in [0, 0.1) is 5.95 Å². The summed E-state index contributed by atoms with van der Waals surface area (Å²) in [7, 11) is 3.49. The van der Waals surface area contributed by atoms with Gasteiger partial charge in [-0.3, -0.25) is 9.48 Å². The zero-order valence-corrected chi connectivity index (χ0v) is 10.2. The number of carbonyl (C=O) groups is 1. The summed E-state index contributed by atoms with van der Waals surface area (Å²) in [6, 6.07) is 2.59. The van der Waals surface area contributed by atoms with Gasteiger partial charge in [0, 0.05) is 38.6 Å². The number of nitrogens with zero attached hydrogens (tertiary/aromatic N) is 4. The second-order valence-electron chi connectivity index (χ2n) is 4.05. The highest BCUT2D eigenvalue weighted by atomic mass is 19.1. The minimum absolute atomic E-state index is 0.202. The zero-order valence-electron chi connectivity index (χ0n) is 10.2. The van der Waals surface area contributed by atoms with Crippen LogP contribution in [0.5, 0.6) is 0 Å². The molecule has 0 aliphatic carbocycles. The molecule has 0 aromatic carbocycles. The third-order valence-electron chi connectivity index (χ3n) is 2.50. The summed E-state index contributed by atoms with van der Waals surface area (Å²) in [5, 5.41) is 4.03. The molecule has 0 aliphatic rings. The monoisotopic (exact) mass is 248 g/mol. The highest BCUT2D eigenvalue weighted by molar-refractivity contribution is 5.93. The van der Waals surface area contributed by atoms with E-state index in [1.54, 1.807) is 17.9 Å². The quantitative estimate of drug-likeness (QED) is 0.767. The molecule has 1 amide bonds. The Labute approximate surface area is 104 Å². The Morgan fingerprint density at radius 1 is 1.44 bits per heavy atom. The van der Waals surface area contributed by atoms with Gasteiger partial charge in [-0.1, -0.05) is 0 Å². The molecule has 0 saturated heterocycles. The average molecular weight is 248 g/mol. The number of rotatable bonds is 3. The van der Waals surface area contributed by atoms with E-state index in [1.807, 2.05) is 13.2 Å². The fraction of sp³-hybridized carbons (Fsp3) is 0.250. The number of amides is 1. The third kappa shape index (κ3) is 2.71. The van der Waals surface area contributed by atoms with Crippen molar-refractivity contribution in [2.75, 3.05) is 7.05 Å². The van der Waals surface area contributed by atoms with Gasteiger partial charge in [-0.15, -0.1) is 0 Å². The van der Waals surface area contributed by atoms with Gasteiger partial charge in [-0.05, 0) is 12.1 Å². The minimum atomic E-state index is -0.596. The molecule has 0 spiro atoms. The maximum absolute atomic E-state index is 12.7. The lowest BCUT2D eigenvalue weighted by molar-refractivity contribution is 0.0784. The number of pyridine rings is 1. The summed E-state index contributed by atoms with van der Waals surface area (Å²) in [5.41, 5.74) is 1.30. The van der Waals surface area contributed by atoms with Crippen molar-refractivity contribution < 1.29 is 9.18 Å². The molecule has 0 unspecified atom stereocenters. The van der Waals surface area contributed by atoms with Gasteiger partial charge in [0.1, 0.15) is 0 Å². The number of hydrogen-bond donors (Lipinski definition) is 0. The molecule has 6 heteroatoms. The lowest BCUT2D eigenvalue weighted by atomic mass is 10.2. The lowest BCUT2D eigenvalue weighted by Crippen LogP contribution is -2.26. The molecule has 0 aliphatic heterocycles. The number of hydrogen-bond acceptors (Lipinski definition) is 3. The highest BCUT2D eigenvalue weighted by Gasteiger charge is 2.13. The first-order valence-electron chi connectivity index (χ1n) is 5.41. The van der Waals surface area contributed by atoms with Crippen LogP contribution >= 0.6 is 0 Å². The van der Waals surface area contributed by atoms with Gasteiger partial charge in [0.25, 0.3) is 5.91 Å². The maximum atomic E-state index is 12.7. The standard InChI is InChI=1S/C12H13FN4O/c1-16(7-9-5-15-17(2)8-9)12(18)10-3-4-11(13)14-6-10/h3-6,8H,7H2,1-2H3. The molecule has 0 atom stereocenters. The van der Waals surface area contributed by atoms with Gasteiger partial charge in [0.2, 0.25) is 5.95 Å². The van der Waals surface area contributed by atoms with E-state index >= 15 is 0 Å². The minimum Gasteiger partial charge on any atom is -0.337 e. The third-order valence-corrected chi connectivity index (χ3v) is 2.50. The molecule has 94 valence electrons. The summed E-state index contributed by atoms with van der Waals surface area (Å²) < 4.78 is 14.3. The Balaban J connectivity index is 2.07. The molecular weight excluding hydrogens is 235 g/mol. The Hall–Kier alpha value is -2.24. The van der Waals surface area contributed by atoms with Crippen molar-refractivity contribution in [2.24, 2.45) is 7.05 Å². The molecule has 18 heavy (non-hydrogen) atoms. The van der Waals surface area contributed by atoms with E-state index in [2.05, 4.69) is 10.1 Å². The molecular formula is C12H13FN4O. The molecule has 0 radical (unpaired) electrons. The van der Waals surface area contributed by atoms with Crippen LogP contribution in [0.25, 0.3) is 0 Å². The molecule has 0 bridgehead atoms. The van der Waals surface area contributed by atoms with Crippen LogP contribution in [0.15, 0.2) is 30.7 Å². The molecule has 2 aromatic rings. The molecule has 5 nitrogen and oxygen atoms in total. The number of aryl methyl sites for hydroxylation is 1. The number of carbonyl (C=O) groups excluding carboxylic acids is 1. The SMILES string of the molecule is CN(Cc1cnn(C)c1)C(=O)c1ccc(F)nc1. The van der Waals surface area contributed by atoms with Crippen LogP contribution in [-0.4, -0.2) is 32.6 Å². The van der Waals surface area contributed by atoms with Gasteiger partial charge in [0.05, 0.1) is 11.8 Å². The number of aromatic nitrogens is 3. The molecule has 2 aromatic heterocycles. The summed E-state index contributed by atoms with van der Waals surface area (Å²) in [6.07, 6.45) is 4.77. The summed E-state index contributed by atoms with van der Waals surface area (Å²) in [6.45, 7) is 0.448. The van der Waals surface area contributed by atoms with E-state index in [-0.39, 0.29) is 5.91 Å². The van der Waals surface area contributed by atoms with Crippen molar-refractivity contribution in [3.8, 4) is 0 Å². The highest BCUT2D eigenvalue weighted by Crippen LogP contribution is 2.07. The van der Waals surface area contributed by atoms with E-state index in [4.69, 9.17) is 0 Å². The van der Waals surface area contributed by atoms with Gasteiger partial charge in [0.15, 0.2) is 0 Å². The van der Waals surface area contributed by atoms with Crippen LogP contribution < -0.4 is 0 Å². The largest absolute Gasteiger partial charge is 0.337 e. The fourth-order valence-electron chi connectivity index (χ4n) is 1.62. The first-order chi connectivity index (χ1) is 8.56. The first kappa shape index (κ1) is 12.2. The van der Waals surface area contributed by atoms with Crippen LogP contribution in [-0.2, 0) is 13.6 Å². The van der Waals surface area contributed by atoms with Crippen molar-refractivity contribution >= 4 is 5.91 Å². The average Bonchev–Trinajstić information content (AvgIpc) is 2.75. The predicted molar refractivity (Wildman–Crippen MR) is 63.2 cm³/mol. The topological polar surface area (TPSA) is 51.0 Å². The fourth-order valence-corrected chi connectivity index (χ4v) is 1.62. The van der Waals surface area contributed by atoms with Crippen molar-refractivity contribution in [2.45, 2.75) is 6.54 Å². The van der Waals surface area contributed by atoms with Crippen molar-refractivity contribution in [3.63, 3.8) is 0 Å². The first-order valence-corrected chi connectivity index (χ1v) is 5.41. The molecule has 0 saturated carbocycles. The Morgan fingerprint density at radius 3 is 2.78 bits per heavy atom. The Morgan fingerprint density at radius 2 is 2.22 bits per heavy atom. The second-order valence-corrected chi connectivity index (χ2v) is 4.05. The predicted octanol–water partition coefficient (Wildman–Crippen LogP) is 1.23. The summed E-state index contributed by atoms with van der Waals surface area (Å²) in [5.74, 6) is -0.798. The summed E-state index contributed by atoms with van der Waals surface area (Å²) in [4.78, 5) is 17.0. The second kappa shape index (κ2) is 4.95. The normalized spacial score (nSPS) is 10.4. The van der Waals surface area contributed by atoms with Crippen LogP contribution in [0.1, 0.15) is 15.9 Å². The van der Waals surface area contributed by atoms with E-state index in [1.165, 1.54) is 23.2 Å². The Kier molecular flexibility index (Phi) is 3.36. The molecule has 0 N–H and O–H groups in total. The smallest absolute Gasteiger partial charge is 0.255 e. The van der Waals surface area contributed by atoms with Gasteiger partial charge in [-0.25, -0.2) is 4.98 Å². The summed E-state index contributed by atoms with van der Waals surface area (Å²) >= 11 is 0.